The van der Waals surface area contributed by atoms with E-state index in [9.17, 15) is 34.7 Å². The predicted octanol–water partition coefficient (Wildman–Crippen LogP) is 3.22. The number of nitrogens with one attached hydrogen (secondary N) is 1. The van der Waals surface area contributed by atoms with Crippen molar-refractivity contribution in [3.8, 4) is 11.5 Å². The maximum absolute atomic E-state index is 13.2. The van der Waals surface area contributed by atoms with Gasteiger partial charge in [0, 0.05) is 11.8 Å². The summed E-state index contributed by atoms with van der Waals surface area (Å²) in [5, 5.41) is 43.8. The van der Waals surface area contributed by atoms with Crippen molar-refractivity contribution in [3.63, 3.8) is 0 Å². The number of phenolic OH excluding ortho intramolecular Hbond substituents is 2. The van der Waals surface area contributed by atoms with Gasteiger partial charge >= 0.3 is 5.97 Å². The van der Waals surface area contributed by atoms with E-state index in [-0.39, 0.29) is 22.5 Å². The molecule has 10 nitrogen and oxygen atoms in total. The highest BCUT2D eigenvalue weighted by atomic mass is 16.6. The first kappa shape index (κ1) is 19.6. The third kappa shape index (κ3) is 3.02. The number of nitro benzene ring substituents is 1. The van der Waals surface area contributed by atoms with Crippen molar-refractivity contribution in [2.24, 2.45) is 0 Å². The fourth-order valence-electron chi connectivity index (χ4n) is 3.49. The maximum Gasteiger partial charge on any atom is 0.335 e. The van der Waals surface area contributed by atoms with E-state index < -0.39 is 56.3 Å². The van der Waals surface area contributed by atoms with Gasteiger partial charge in [-0.3, -0.25) is 19.7 Å². The van der Waals surface area contributed by atoms with Gasteiger partial charge in [0.25, 0.3) is 5.69 Å². The lowest BCUT2D eigenvalue weighted by atomic mass is 9.81. The Kier molecular flexibility index (Phi) is 4.39. The first-order valence-electron chi connectivity index (χ1n) is 8.76. The van der Waals surface area contributed by atoms with Crippen LogP contribution in [0, 0.1) is 10.1 Å². The van der Waals surface area contributed by atoms with Crippen molar-refractivity contribution < 1.29 is 34.6 Å². The lowest BCUT2D eigenvalue weighted by Gasteiger charge is -2.22. The van der Waals surface area contributed by atoms with Crippen LogP contribution in [0.5, 0.6) is 11.5 Å². The van der Waals surface area contributed by atoms with Crippen LogP contribution in [0.3, 0.4) is 0 Å². The summed E-state index contributed by atoms with van der Waals surface area (Å²) in [5.74, 6) is -4.26. The molecule has 3 aromatic rings. The number of nitro groups is 1. The van der Waals surface area contributed by atoms with E-state index in [4.69, 9.17) is 5.11 Å². The van der Waals surface area contributed by atoms with Gasteiger partial charge in [-0.2, -0.15) is 0 Å². The smallest absolute Gasteiger partial charge is 0.335 e. The number of benzene rings is 3. The molecule has 4 rings (SSSR count). The molecule has 1 aliphatic rings. The molecular formula is C21H12N2O8. The molecule has 10 heteroatoms. The molecular weight excluding hydrogens is 408 g/mol. The summed E-state index contributed by atoms with van der Waals surface area (Å²) in [7, 11) is 0. The largest absolute Gasteiger partial charge is 0.507 e. The highest BCUT2D eigenvalue weighted by molar-refractivity contribution is 6.33. The SMILES string of the molecule is O=C(O)c1cccc(Nc2ccc(O)c3c2C(=O)c2c(O)ccc([N+](=O)[O-])c2C3=O)c1. The second kappa shape index (κ2) is 6.95. The molecule has 1 aliphatic carbocycles. The average molecular weight is 420 g/mol. The Labute approximate surface area is 173 Å². The predicted molar refractivity (Wildman–Crippen MR) is 106 cm³/mol. The molecule has 0 saturated heterocycles. The molecule has 0 aromatic heterocycles. The minimum atomic E-state index is -1.17. The summed E-state index contributed by atoms with van der Waals surface area (Å²) < 4.78 is 0. The summed E-state index contributed by atoms with van der Waals surface area (Å²) in [6.07, 6.45) is 0. The number of carbonyl (C=O) groups excluding carboxylic acids is 2. The molecule has 0 bridgehead atoms. The molecule has 0 atom stereocenters. The lowest BCUT2D eigenvalue weighted by molar-refractivity contribution is -0.385. The van der Waals surface area contributed by atoms with E-state index in [1.54, 1.807) is 0 Å². The van der Waals surface area contributed by atoms with Crippen LogP contribution in [0.4, 0.5) is 17.1 Å². The molecule has 0 radical (unpaired) electrons. The van der Waals surface area contributed by atoms with Crippen molar-refractivity contribution in [2.75, 3.05) is 5.32 Å². The first-order chi connectivity index (χ1) is 14.7. The molecule has 0 aliphatic heterocycles. The van der Waals surface area contributed by atoms with Crippen LogP contribution in [0.15, 0.2) is 48.5 Å². The number of anilines is 2. The highest BCUT2D eigenvalue weighted by Crippen LogP contribution is 2.43. The number of phenols is 2. The Morgan fingerprint density at radius 3 is 2.13 bits per heavy atom. The fraction of sp³-hybridized carbons (Fsp3) is 0. The Bertz CT molecular complexity index is 1330. The van der Waals surface area contributed by atoms with Gasteiger partial charge in [-0.25, -0.2) is 4.79 Å². The number of hydrogen-bond acceptors (Lipinski definition) is 8. The number of hydrogen-bond donors (Lipinski definition) is 4. The minimum Gasteiger partial charge on any atom is -0.507 e. The van der Waals surface area contributed by atoms with Crippen molar-refractivity contribution >= 4 is 34.6 Å². The van der Waals surface area contributed by atoms with Gasteiger partial charge in [0.2, 0.25) is 11.6 Å². The van der Waals surface area contributed by atoms with Gasteiger partial charge < -0.3 is 20.6 Å². The second-order valence-corrected chi connectivity index (χ2v) is 6.66. The van der Waals surface area contributed by atoms with Gasteiger partial charge in [-0.1, -0.05) is 6.07 Å². The van der Waals surface area contributed by atoms with E-state index in [2.05, 4.69) is 5.32 Å². The number of ketones is 2. The molecule has 0 fully saturated rings. The van der Waals surface area contributed by atoms with Crippen molar-refractivity contribution in [1.29, 1.82) is 0 Å². The summed E-state index contributed by atoms with van der Waals surface area (Å²) in [5.41, 5.74) is -2.28. The molecule has 154 valence electrons. The van der Waals surface area contributed by atoms with E-state index in [1.165, 1.54) is 30.3 Å². The normalized spacial score (nSPS) is 12.1. The molecule has 0 heterocycles. The Balaban J connectivity index is 1.92. The number of aromatic carboxylic acids is 1. The second-order valence-electron chi connectivity index (χ2n) is 6.66. The topological polar surface area (TPSA) is 167 Å². The van der Waals surface area contributed by atoms with Crippen LogP contribution in [-0.2, 0) is 0 Å². The van der Waals surface area contributed by atoms with E-state index in [0.29, 0.717) is 0 Å². The summed E-state index contributed by atoms with van der Waals surface area (Å²) in [6, 6.07) is 9.93. The molecule has 31 heavy (non-hydrogen) atoms. The Morgan fingerprint density at radius 1 is 0.871 bits per heavy atom. The average Bonchev–Trinajstić information content (AvgIpc) is 2.72. The number of rotatable bonds is 4. The number of carboxylic acids is 1. The number of carbonyl (C=O) groups is 3. The molecule has 4 N–H and O–H groups in total. The Morgan fingerprint density at radius 2 is 1.48 bits per heavy atom. The van der Waals surface area contributed by atoms with Crippen molar-refractivity contribution in [2.45, 2.75) is 0 Å². The first-order valence-corrected chi connectivity index (χ1v) is 8.76. The van der Waals surface area contributed by atoms with Crippen LogP contribution >= 0.6 is 0 Å². The van der Waals surface area contributed by atoms with Crippen LogP contribution in [0.2, 0.25) is 0 Å². The quantitative estimate of drug-likeness (QED) is 0.220. The van der Waals surface area contributed by atoms with Gasteiger partial charge in [0.15, 0.2) is 0 Å². The van der Waals surface area contributed by atoms with Gasteiger partial charge in [0.1, 0.15) is 17.1 Å². The molecule has 0 amide bonds. The maximum atomic E-state index is 13.2. The summed E-state index contributed by atoms with van der Waals surface area (Å²) in [6.45, 7) is 0. The number of fused-ring (bicyclic) bond motifs is 2. The summed E-state index contributed by atoms with van der Waals surface area (Å²) >= 11 is 0. The van der Waals surface area contributed by atoms with E-state index >= 15 is 0 Å². The third-order valence-electron chi connectivity index (χ3n) is 4.84. The zero-order valence-corrected chi connectivity index (χ0v) is 15.4. The molecule has 0 unspecified atom stereocenters. The zero-order valence-electron chi connectivity index (χ0n) is 15.4. The van der Waals surface area contributed by atoms with Gasteiger partial charge in [-0.15, -0.1) is 0 Å². The zero-order chi connectivity index (χ0) is 22.4. The van der Waals surface area contributed by atoms with Crippen molar-refractivity contribution in [1.82, 2.24) is 0 Å². The standard InChI is InChI=1S/C21H12N2O8/c24-13-6-4-11(22-10-3-1-2-9(8-10)21(28)29)15-17(13)20(27)16-12(23(30)31)5-7-14(25)18(16)19(15)26/h1-8,22,24-25H,(H,28,29). The van der Waals surface area contributed by atoms with Gasteiger partial charge in [-0.05, 0) is 36.4 Å². The number of aromatic hydroxyl groups is 2. The van der Waals surface area contributed by atoms with Gasteiger partial charge in [0.05, 0.1) is 32.9 Å². The highest BCUT2D eigenvalue weighted by Gasteiger charge is 2.40. The van der Waals surface area contributed by atoms with Crippen LogP contribution < -0.4 is 5.32 Å². The Hall–Kier alpha value is -4.73. The van der Waals surface area contributed by atoms with Crippen LogP contribution in [0.1, 0.15) is 42.2 Å². The molecule has 0 saturated carbocycles. The molecule has 3 aromatic carbocycles. The third-order valence-corrected chi connectivity index (χ3v) is 4.84. The number of carboxylic acid groups (broad SMARTS) is 1. The van der Waals surface area contributed by atoms with E-state index in [1.807, 2.05) is 0 Å². The number of nitrogens with zero attached hydrogens (tertiary/aromatic N) is 1. The van der Waals surface area contributed by atoms with Crippen molar-refractivity contribution in [3.05, 3.63) is 86.5 Å². The van der Waals surface area contributed by atoms with Crippen LogP contribution in [0.25, 0.3) is 0 Å². The molecule has 0 spiro atoms. The fourth-order valence-corrected chi connectivity index (χ4v) is 3.49. The monoisotopic (exact) mass is 420 g/mol. The minimum absolute atomic E-state index is 0.0290. The lowest BCUT2D eigenvalue weighted by Crippen LogP contribution is -2.23. The van der Waals surface area contributed by atoms with Crippen LogP contribution in [-0.4, -0.2) is 37.8 Å². The van der Waals surface area contributed by atoms with E-state index in [0.717, 1.165) is 18.2 Å². The summed E-state index contributed by atoms with van der Waals surface area (Å²) in [4.78, 5) is 48.0.